The van der Waals surface area contributed by atoms with Gasteiger partial charge in [0.05, 0.1) is 19.9 Å². The zero-order valence-corrected chi connectivity index (χ0v) is 16.4. The second-order valence-corrected chi connectivity index (χ2v) is 6.83. The molecular formula is C20H19N7O3. The van der Waals surface area contributed by atoms with E-state index < -0.39 is 0 Å². The Bertz CT molecular complexity index is 1250. The summed E-state index contributed by atoms with van der Waals surface area (Å²) in [5, 5.41) is 19.7. The highest BCUT2D eigenvalue weighted by Gasteiger charge is 2.31. The van der Waals surface area contributed by atoms with E-state index in [1.165, 1.54) is 6.33 Å². The normalized spacial score (nSPS) is 15.7. The Morgan fingerprint density at radius 1 is 1.23 bits per heavy atom. The largest absolute Gasteiger partial charge is 0.493 e. The maximum atomic E-state index is 12.5. The third-order valence-electron chi connectivity index (χ3n) is 5.07. The molecule has 0 aliphatic carbocycles. The summed E-state index contributed by atoms with van der Waals surface area (Å²) in [5.74, 6) is 2.20. The molecule has 0 bridgehead atoms. The van der Waals surface area contributed by atoms with Crippen LogP contribution in [0.3, 0.4) is 0 Å². The summed E-state index contributed by atoms with van der Waals surface area (Å²) in [6.07, 6.45) is 3.59. The molecule has 4 aromatic rings. The Labute approximate surface area is 171 Å². The summed E-state index contributed by atoms with van der Waals surface area (Å²) in [7, 11) is 1.60. The molecule has 0 saturated heterocycles. The number of aromatic nitrogens is 6. The van der Waals surface area contributed by atoms with Crippen molar-refractivity contribution in [3.05, 3.63) is 54.0 Å². The Balaban J connectivity index is 1.57. The molecule has 0 saturated carbocycles. The highest BCUT2D eigenvalue weighted by molar-refractivity contribution is 5.94. The zero-order chi connectivity index (χ0) is 20.7. The van der Waals surface area contributed by atoms with Crippen LogP contribution >= 0.6 is 0 Å². The van der Waals surface area contributed by atoms with Crippen LogP contribution in [0.2, 0.25) is 0 Å². The number of hydrogen-bond acceptors (Lipinski definition) is 7. The predicted octanol–water partition coefficient (Wildman–Crippen LogP) is 2.19. The third kappa shape index (κ3) is 2.93. The molecule has 4 heterocycles. The lowest BCUT2D eigenvalue weighted by molar-refractivity contribution is -0.116. The minimum absolute atomic E-state index is 0.0903. The van der Waals surface area contributed by atoms with Gasteiger partial charge in [0.25, 0.3) is 0 Å². The van der Waals surface area contributed by atoms with Gasteiger partial charge < -0.3 is 14.8 Å². The number of carbonyl (C=O) groups excluding carboxylic acids is 1. The Kier molecular flexibility index (Phi) is 4.31. The number of nitrogens with zero attached hydrogens (tertiary/aromatic N) is 6. The van der Waals surface area contributed by atoms with E-state index in [0.29, 0.717) is 41.8 Å². The van der Waals surface area contributed by atoms with E-state index in [9.17, 15) is 4.79 Å². The Hall–Kier alpha value is -3.95. The van der Waals surface area contributed by atoms with Gasteiger partial charge >= 0.3 is 0 Å². The quantitative estimate of drug-likeness (QED) is 0.542. The van der Waals surface area contributed by atoms with Crippen LogP contribution in [-0.2, 0) is 4.79 Å². The van der Waals surface area contributed by atoms with Crippen molar-refractivity contribution in [2.24, 2.45) is 0 Å². The van der Waals surface area contributed by atoms with Crippen molar-refractivity contribution in [1.82, 2.24) is 29.6 Å². The maximum absolute atomic E-state index is 12.5. The van der Waals surface area contributed by atoms with Crippen molar-refractivity contribution in [3.63, 3.8) is 0 Å². The predicted molar refractivity (Wildman–Crippen MR) is 107 cm³/mol. The highest BCUT2D eigenvalue weighted by atomic mass is 16.5. The summed E-state index contributed by atoms with van der Waals surface area (Å²) in [4.78, 5) is 12.5. The number of ether oxygens (including phenoxy) is 2. The van der Waals surface area contributed by atoms with Gasteiger partial charge in [0, 0.05) is 17.9 Å². The number of carbonyl (C=O) groups is 1. The molecule has 10 heteroatoms. The van der Waals surface area contributed by atoms with Crippen LogP contribution in [-0.4, -0.2) is 49.2 Å². The zero-order valence-electron chi connectivity index (χ0n) is 16.4. The molecule has 1 amide bonds. The first kappa shape index (κ1) is 18.1. The number of amides is 1. The van der Waals surface area contributed by atoms with Crippen molar-refractivity contribution in [2.75, 3.05) is 19.0 Å². The van der Waals surface area contributed by atoms with Crippen molar-refractivity contribution in [2.45, 2.75) is 19.3 Å². The number of rotatable bonds is 5. The van der Waals surface area contributed by atoms with Crippen LogP contribution in [0.25, 0.3) is 11.5 Å². The van der Waals surface area contributed by atoms with Gasteiger partial charge in [-0.15, -0.1) is 15.3 Å². The van der Waals surface area contributed by atoms with Gasteiger partial charge in [0.2, 0.25) is 5.91 Å². The van der Waals surface area contributed by atoms with Crippen LogP contribution in [0, 0.1) is 0 Å². The number of methoxy groups -OCH3 is 1. The van der Waals surface area contributed by atoms with Gasteiger partial charge in [0.1, 0.15) is 12.1 Å². The van der Waals surface area contributed by atoms with Crippen LogP contribution < -0.4 is 14.8 Å². The molecule has 5 rings (SSSR count). The van der Waals surface area contributed by atoms with Crippen molar-refractivity contribution >= 4 is 17.4 Å². The lowest BCUT2D eigenvalue weighted by atomic mass is 9.87. The molecule has 0 fully saturated rings. The highest BCUT2D eigenvalue weighted by Crippen LogP contribution is 2.40. The second-order valence-electron chi connectivity index (χ2n) is 6.83. The molecule has 152 valence electrons. The average Bonchev–Trinajstić information content (AvgIpc) is 3.39. The minimum atomic E-state index is -0.161. The molecule has 0 spiro atoms. The fraction of sp³-hybridized carbons (Fsp3) is 0.250. The SMILES string of the molecule is CCOc1ccc([C@@H]2CC(=O)Nc3c2cnn3-c2ccc3nncn3n2)cc1OC. The van der Waals surface area contributed by atoms with Crippen molar-refractivity contribution in [1.29, 1.82) is 0 Å². The monoisotopic (exact) mass is 405 g/mol. The number of nitrogens with one attached hydrogen (secondary N) is 1. The summed E-state index contributed by atoms with van der Waals surface area (Å²) in [6, 6.07) is 9.32. The molecular weight excluding hydrogens is 386 g/mol. The number of anilines is 1. The van der Waals surface area contributed by atoms with E-state index in [4.69, 9.17) is 9.47 Å². The summed E-state index contributed by atoms with van der Waals surface area (Å²) >= 11 is 0. The molecule has 3 aromatic heterocycles. The van der Waals surface area contributed by atoms with Crippen LogP contribution in [0.1, 0.15) is 30.4 Å². The summed E-state index contributed by atoms with van der Waals surface area (Å²) in [5.41, 5.74) is 2.49. The Morgan fingerprint density at radius 3 is 2.97 bits per heavy atom. The summed E-state index contributed by atoms with van der Waals surface area (Å²) in [6.45, 7) is 2.47. The van der Waals surface area contributed by atoms with Gasteiger partial charge in [-0.3, -0.25) is 4.79 Å². The van der Waals surface area contributed by atoms with E-state index in [0.717, 1.165) is 11.1 Å². The van der Waals surface area contributed by atoms with Gasteiger partial charge in [-0.1, -0.05) is 6.07 Å². The average molecular weight is 405 g/mol. The lowest BCUT2D eigenvalue weighted by Crippen LogP contribution is -2.25. The molecule has 0 radical (unpaired) electrons. The fourth-order valence-corrected chi connectivity index (χ4v) is 3.70. The molecule has 1 aliphatic heterocycles. The molecule has 1 aliphatic rings. The number of benzene rings is 1. The third-order valence-corrected chi connectivity index (χ3v) is 5.07. The topological polar surface area (TPSA) is 108 Å². The van der Waals surface area contributed by atoms with Crippen LogP contribution in [0.5, 0.6) is 11.5 Å². The Morgan fingerprint density at radius 2 is 2.13 bits per heavy atom. The first-order chi connectivity index (χ1) is 14.7. The van der Waals surface area contributed by atoms with Crippen molar-refractivity contribution in [3.8, 4) is 17.3 Å². The first-order valence-corrected chi connectivity index (χ1v) is 9.54. The van der Waals surface area contributed by atoms with Crippen molar-refractivity contribution < 1.29 is 14.3 Å². The molecule has 1 N–H and O–H groups in total. The van der Waals surface area contributed by atoms with E-state index in [1.54, 1.807) is 34.6 Å². The number of fused-ring (bicyclic) bond motifs is 2. The van der Waals surface area contributed by atoms with E-state index in [1.807, 2.05) is 25.1 Å². The van der Waals surface area contributed by atoms with Gasteiger partial charge in [-0.25, -0.2) is 0 Å². The van der Waals surface area contributed by atoms with Gasteiger partial charge in [-0.05, 0) is 36.8 Å². The van der Waals surface area contributed by atoms with E-state index in [2.05, 4.69) is 25.7 Å². The molecule has 0 unspecified atom stereocenters. The lowest BCUT2D eigenvalue weighted by Gasteiger charge is -2.24. The smallest absolute Gasteiger partial charge is 0.226 e. The molecule has 1 atom stereocenters. The molecule has 30 heavy (non-hydrogen) atoms. The molecule has 1 aromatic carbocycles. The fourth-order valence-electron chi connectivity index (χ4n) is 3.70. The van der Waals surface area contributed by atoms with Gasteiger partial charge in [-0.2, -0.15) is 14.3 Å². The van der Waals surface area contributed by atoms with Crippen LogP contribution in [0.4, 0.5) is 5.82 Å². The molecule has 10 nitrogen and oxygen atoms in total. The second kappa shape index (κ2) is 7.14. The van der Waals surface area contributed by atoms with Crippen LogP contribution in [0.15, 0.2) is 42.9 Å². The first-order valence-electron chi connectivity index (χ1n) is 9.54. The maximum Gasteiger partial charge on any atom is 0.226 e. The standard InChI is InChI=1S/C20H19N7O3/c1-3-30-15-5-4-12(8-16(15)29-2)13-9-19(28)23-20-14(13)10-22-27(20)18-7-6-17-24-21-11-26(17)25-18/h4-8,10-11,13H,3,9H2,1-2H3,(H,23,28)/t13-/m0/s1. The number of hydrogen-bond donors (Lipinski definition) is 1. The van der Waals surface area contributed by atoms with Gasteiger partial charge in [0.15, 0.2) is 23.0 Å². The van der Waals surface area contributed by atoms with E-state index >= 15 is 0 Å². The van der Waals surface area contributed by atoms with E-state index in [-0.39, 0.29) is 11.8 Å². The minimum Gasteiger partial charge on any atom is -0.493 e. The summed E-state index contributed by atoms with van der Waals surface area (Å²) < 4.78 is 14.3.